The number of aromatic nitrogens is 1. The predicted molar refractivity (Wildman–Crippen MR) is 96.6 cm³/mol. The Kier molecular flexibility index (Phi) is 6.52. The van der Waals surface area contributed by atoms with Crippen molar-refractivity contribution in [2.24, 2.45) is 0 Å². The molecule has 0 aliphatic rings. The number of ether oxygens (including phenoxy) is 1. The van der Waals surface area contributed by atoms with Crippen LogP contribution in [0.4, 0.5) is 0 Å². The summed E-state index contributed by atoms with van der Waals surface area (Å²) in [6.45, 7) is 5.17. The fraction of sp³-hybridized carbons (Fsp3) is 0.389. The number of thiazole rings is 1. The number of nitrogens with zero attached hydrogens (tertiary/aromatic N) is 1. The van der Waals surface area contributed by atoms with Gasteiger partial charge >= 0.3 is 10.8 Å². The molecule has 134 valence electrons. The Hall–Kier alpha value is -2.41. The number of rotatable bonds is 7. The Morgan fingerprint density at radius 2 is 1.92 bits per heavy atom. The van der Waals surface area contributed by atoms with Crippen molar-refractivity contribution in [3.8, 4) is 0 Å². The van der Waals surface area contributed by atoms with E-state index in [2.05, 4.69) is 5.32 Å². The van der Waals surface area contributed by atoms with E-state index in [0.717, 1.165) is 28.9 Å². The number of amides is 1. The maximum Gasteiger partial charge on any atom is 0.326 e. The molecule has 0 aliphatic carbocycles. The molecule has 1 N–H and O–H groups in total. The zero-order chi connectivity index (χ0) is 18.4. The lowest BCUT2D eigenvalue weighted by molar-refractivity contribution is -0.149. The van der Waals surface area contributed by atoms with Gasteiger partial charge in [-0.25, -0.2) is 0 Å². The highest BCUT2D eigenvalue weighted by atomic mass is 32.1. The number of hydrogen-bond donors (Lipinski definition) is 1. The van der Waals surface area contributed by atoms with Gasteiger partial charge < -0.3 is 10.1 Å². The van der Waals surface area contributed by atoms with Crippen LogP contribution in [0.1, 0.15) is 36.2 Å². The Labute approximate surface area is 150 Å². The second kappa shape index (κ2) is 8.62. The maximum atomic E-state index is 12.0. The molecule has 0 saturated heterocycles. The zero-order valence-electron chi connectivity index (χ0n) is 14.6. The van der Waals surface area contributed by atoms with Gasteiger partial charge in [0, 0.05) is 11.1 Å². The van der Waals surface area contributed by atoms with Gasteiger partial charge in [0.15, 0.2) is 6.61 Å². The number of carbonyl (C=O) groups excluding carboxylic acids is 2. The van der Waals surface area contributed by atoms with Crippen LogP contribution in [0.3, 0.4) is 0 Å². The van der Waals surface area contributed by atoms with Crippen LogP contribution in [0.2, 0.25) is 0 Å². The van der Waals surface area contributed by atoms with Crippen LogP contribution in [0.5, 0.6) is 0 Å². The molecule has 0 radical (unpaired) electrons. The van der Waals surface area contributed by atoms with E-state index in [0.29, 0.717) is 5.69 Å². The normalized spacial score (nSPS) is 11.8. The SMILES string of the molecule is CC[C@@H](NC(=O)COC(=O)Cn1c(C)csc1=O)c1ccc(C)cc1. The minimum absolute atomic E-state index is 0.131. The van der Waals surface area contributed by atoms with E-state index in [-0.39, 0.29) is 30.0 Å². The molecule has 1 aromatic carbocycles. The average Bonchev–Trinajstić information content (AvgIpc) is 2.90. The van der Waals surface area contributed by atoms with Gasteiger partial charge in [0.1, 0.15) is 6.54 Å². The smallest absolute Gasteiger partial charge is 0.326 e. The molecule has 0 saturated carbocycles. The van der Waals surface area contributed by atoms with Crippen LogP contribution in [-0.4, -0.2) is 23.1 Å². The third-order valence-electron chi connectivity index (χ3n) is 3.85. The first kappa shape index (κ1) is 18.9. The highest BCUT2D eigenvalue weighted by molar-refractivity contribution is 7.07. The van der Waals surface area contributed by atoms with Crippen molar-refractivity contribution < 1.29 is 14.3 Å². The monoisotopic (exact) mass is 362 g/mol. The molecule has 1 atom stereocenters. The zero-order valence-corrected chi connectivity index (χ0v) is 15.4. The van der Waals surface area contributed by atoms with Crippen molar-refractivity contribution in [2.45, 2.75) is 39.8 Å². The first-order chi connectivity index (χ1) is 11.9. The lowest BCUT2D eigenvalue weighted by Gasteiger charge is -2.17. The van der Waals surface area contributed by atoms with E-state index in [1.54, 1.807) is 12.3 Å². The third-order valence-corrected chi connectivity index (χ3v) is 4.73. The molecule has 2 rings (SSSR count). The summed E-state index contributed by atoms with van der Waals surface area (Å²) in [5.74, 6) is -0.975. The largest absolute Gasteiger partial charge is 0.454 e. The number of esters is 1. The van der Waals surface area contributed by atoms with Crippen molar-refractivity contribution in [1.82, 2.24) is 9.88 Å². The molecular formula is C18H22N2O4S. The summed E-state index contributed by atoms with van der Waals surface area (Å²) in [6.07, 6.45) is 0.728. The molecule has 0 bridgehead atoms. The number of benzene rings is 1. The van der Waals surface area contributed by atoms with E-state index in [1.165, 1.54) is 4.57 Å². The third kappa shape index (κ3) is 5.29. The van der Waals surface area contributed by atoms with E-state index in [1.807, 2.05) is 38.1 Å². The van der Waals surface area contributed by atoms with Crippen molar-refractivity contribution >= 4 is 23.2 Å². The summed E-state index contributed by atoms with van der Waals surface area (Å²) in [5.41, 5.74) is 2.85. The van der Waals surface area contributed by atoms with Gasteiger partial charge in [-0.05, 0) is 25.8 Å². The molecule has 7 heteroatoms. The van der Waals surface area contributed by atoms with Crippen LogP contribution in [0, 0.1) is 13.8 Å². The topological polar surface area (TPSA) is 77.4 Å². The molecule has 0 unspecified atom stereocenters. The number of hydrogen-bond acceptors (Lipinski definition) is 5. The Morgan fingerprint density at radius 3 is 2.48 bits per heavy atom. The Balaban J connectivity index is 1.85. The molecule has 1 amide bonds. The molecule has 0 aliphatic heterocycles. The highest BCUT2D eigenvalue weighted by Crippen LogP contribution is 2.16. The van der Waals surface area contributed by atoms with Crippen LogP contribution in [0.15, 0.2) is 34.4 Å². The Bertz CT molecular complexity index is 792. The van der Waals surface area contributed by atoms with E-state index in [4.69, 9.17) is 4.74 Å². The number of nitrogens with one attached hydrogen (secondary N) is 1. The van der Waals surface area contributed by atoms with E-state index >= 15 is 0 Å². The van der Waals surface area contributed by atoms with Gasteiger partial charge in [0.25, 0.3) is 5.91 Å². The first-order valence-corrected chi connectivity index (χ1v) is 8.95. The van der Waals surface area contributed by atoms with Gasteiger partial charge in [-0.15, -0.1) is 0 Å². The molecule has 2 aromatic rings. The molecule has 1 aromatic heterocycles. The van der Waals surface area contributed by atoms with Gasteiger partial charge in [-0.1, -0.05) is 48.1 Å². The van der Waals surface area contributed by atoms with E-state index in [9.17, 15) is 14.4 Å². The first-order valence-electron chi connectivity index (χ1n) is 8.07. The lowest BCUT2D eigenvalue weighted by Crippen LogP contribution is -2.33. The van der Waals surface area contributed by atoms with E-state index < -0.39 is 5.97 Å². The highest BCUT2D eigenvalue weighted by Gasteiger charge is 2.15. The minimum Gasteiger partial charge on any atom is -0.454 e. The minimum atomic E-state index is -0.609. The van der Waals surface area contributed by atoms with Gasteiger partial charge in [-0.3, -0.25) is 19.0 Å². The molecule has 1 heterocycles. The fourth-order valence-corrected chi connectivity index (χ4v) is 3.11. The maximum absolute atomic E-state index is 12.0. The molecule has 0 spiro atoms. The number of carbonyl (C=O) groups is 2. The van der Waals surface area contributed by atoms with Crippen molar-refractivity contribution in [3.63, 3.8) is 0 Å². The van der Waals surface area contributed by atoms with Crippen LogP contribution < -0.4 is 10.2 Å². The number of aryl methyl sites for hydroxylation is 2. The summed E-state index contributed by atoms with van der Waals surface area (Å²) >= 11 is 1.03. The van der Waals surface area contributed by atoms with Gasteiger partial charge in [-0.2, -0.15) is 0 Å². The quantitative estimate of drug-likeness (QED) is 0.767. The summed E-state index contributed by atoms with van der Waals surface area (Å²) in [6, 6.07) is 7.80. The average molecular weight is 362 g/mol. The van der Waals surface area contributed by atoms with Crippen LogP contribution >= 0.6 is 11.3 Å². The van der Waals surface area contributed by atoms with Crippen molar-refractivity contribution in [3.05, 3.63) is 56.1 Å². The van der Waals surface area contributed by atoms with Gasteiger partial charge in [0.2, 0.25) is 0 Å². The summed E-state index contributed by atoms with van der Waals surface area (Å²) in [4.78, 5) is 35.2. The van der Waals surface area contributed by atoms with Crippen LogP contribution in [-0.2, 0) is 20.9 Å². The molecular weight excluding hydrogens is 340 g/mol. The second-order valence-corrected chi connectivity index (χ2v) is 6.65. The van der Waals surface area contributed by atoms with Crippen molar-refractivity contribution in [1.29, 1.82) is 0 Å². The van der Waals surface area contributed by atoms with Crippen LogP contribution in [0.25, 0.3) is 0 Å². The van der Waals surface area contributed by atoms with Crippen molar-refractivity contribution in [2.75, 3.05) is 6.61 Å². The lowest BCUT2D eigenvalue weighted by atomic mass is 10.0. The molecule has 0 fully saturated rings. The predicted octanol–water partition coefficient (Wildman–Crippen LogP) is 2.34. The fourth-order valence-electron chi connectivity index (χ4n) is 2.37. The van der Waals surface area contributed by atoms with Gasteiger partial charge in [0.05, 0.1) is 6.04 Å². The summed E-state index contributed by atoms with van der Waals surface area (Å²) in [5, 5.41) is 4.53. The summed E-state index contributed by atoms with van der Waals surface area (Å²) in [7, 11) is 0. The second-order valence-electron chi connectivity index (χ2n) is 5.83. The summed E-state index contributed by atoms with van der Waals surface area (Å²) < 4.78 is 6.31. The Morgan fingerprint density at radius 1 is 1.24 bits per heavy atom. The molecule has 6 nitrogen and oxygen atoms in total. The molecule has 25 heavy (non-hydrogen) atoms. The standard InChI is InChI=1S/C18H22N2O4S/c1-4-15(14-7-5-12(2)6-8-14)19-16(21)10-24-17(22)9-20-13(3)11-25-18(20)23/h5-8,11,15H,4,9-10H2,1-3H3,(H,19,21)/t15-/m1/s1.